The van der Waals surface area contributed by atoms with E-state index in [2.05, 4.69) is 5.32 Å². The lowest BCUT2D eigenvalue weighted by Gasteiger charge is -2.11. The first kappa shape index (κ1) is 16.0. The minimum Gasteiger partial charge on any atom is -0.454 e. The summed E-state index contributed by atoms with van der Waals surface area (Å²) in [5.74, 6) is 0.745. The lowest BCUT2D eigenvalue weighted by molar-refractivity contribution is -0.117. The topological polar surface area (TPSA) is 64.6 Å². The van der Waals surface area contributed by atoms with Gasteiger partial charge in [-0.2, -0.15) is 0 Å². The molecule has 2 aliphatic rings. The molecule has 128 valence electrons. The fraction of sp³-hybridized carbons (Fsp3) is 0.263. The van der Waals surface area contributed by atoms with Crippen molar-refractivity contribution in [2.75, 3.05) is 12.1 Å². The molecular weight excluding hydrogens is 342 g/mol. The summed E-state index contributed by atoms with van der Waals surface area (Å²) < 4.78 is 10.6. The maximum absolute atomic E-state index is 12.6. The van der Waals surface area contributed by atoms with Gasteiger partial charge in [0, 0.05) is 22.6 Å². The van der Waals surface area contributed by atoms with Crippen molar-refractivity contribution in [3.8, 4) is 11.5 Å². The molecular formula is C19H16ClNO4. The van der Waals surface area contributed by atoms with Crippen LogP contribution in [0.4, 0.5) is 5.69 Å². The number of hydrogen-bond acceptors (Lipinski definition) is 4. The van der Waals surface area contributed by atoms with Gasteiger partial charge in [0.15, 0.2) is 17.3 Å². The van der Waals surface area contributed by atoms with Gasteiger partial charge in [-0.25, -0.2) is 0 Å². The van der Waals surface area contributed by atoms with Crippen LogP contribution in [0.2, 0.25) is 5.02 Å². The van der Waals surface area contributed by atoms with Crippen molar-refractivity contribution >= 4 is 29.0 Å². The Hall–Kier alpha value is -2.53. The number of rotatable bonds is 4. The smallest absolute Gasteiger partial charge is 0.231 e. The second kappa shape index (κ2) is 6.08. The molecule has 6 heteroatoms. The van der Waals surface area contributed by atoms with Gasteiger partial charge in [0.2, 0.25) is 12.7 Å². The van der Waals surface area contributed by atoms with Gasteiger partial charge in [-0.1, -0.05) is 29.8 Å². The molecule has 2 atom stereocenters. The molecule has 1 fully saturated rings. The number of halogens is 1. The molecule has 1 amide bonds. The summed E-state index contributed by atoms with van der Waals surface area (Å²) in [5, 5.41) is 3.54. The Morgan fingerprint density at radius 3 is 2.60 bits per heavy atom. The van der Waals surface area contributed by atoms with Crippen LogP contribution in [-0.4, -0.2) is 18.5 Å². The van der Waals surface area contributed by atoms with E-state index >= 15 is 0 Å². The standard InChI is InChI=1S/C19H16ClNO4/c1-10(22)12-7-17-18(25-9-24-17)8-16(12)21-19(23)14-6-13(14)11-4-2-3-5-15(11)20/h2-5,7-8,13-14H,6,9H2,1H3,(H,21,23)/t13-,14-/m1/s1. The molecule has 0 aromatic heterocycles. The van der Waals surface area contributed by atoms with E-state index in [1.54, 1.807) is 12.1 Å². The van der Waals surface area contributed by atoms with Gasteiger partial charge in [0.25, 0.3) is 0 Å². The van der Waals surface area contributed by atoms with E-state index in [1.165, 1.54) is 6.92 Å². The monoisotopic (exact) mass is 357 g/mol. The predicted molar refractivity (Wildman–Crippen MR) is 93.5 cm³/mol. The third-order valence-electron chi connectivity index (χ3n) is 4.58. The van der Waals surface area contributed by atoms with Gasteiger partial charge in [0.1, 0.15) is 0 Å². The Bertz CT molecular complexity index is 880. The number of anilines is 1. The molecule has 1 heterocycles. The maximum atomic E-state index is 12.6. The molecule has 5 nitrogen and oxygen atoms in total. The molecule has 1 aliphatic heterocycles. The lowest BCUT2D eigenvalue weighted by atomic mass is 10.1. The number of carbonyl (C=O) groups is 2. The van der Waals surface area contributed by atoms with Gasteiger partial charge in [0.05, 0.1) is 5.69 Å². The lowest BCUT2D eigenvalue weighted by Crippen LogP contribution is -2.16. The number of nitrogens with one attached hydrogen (secondary N) is 1. The zero-order chi connectivity index (χ0) is 17.6. The molecule has 0 spiro atoms. The molecule has 0 unspecified atom stereocenters. The van der Waals surface area contributed by atoms with Crippen LogP contribution in [0.15, 0.2) is 36.4 Å². The summed E-state index contributed by atoms with van der Waals surface area (Å²) in [5.41, 5.74) is 1.85. The number of ketones is 1. The molecule has 2 aromatic carbocycles. The second-order valence-electron chi connectivity index (χ2n) is 6.27. The highest BCUT2D eigenvalue weighted by atomic mass is 35.5. The molecule has 4 rings (SSSR count). The highest BCUT2D eigenvalue weighted by Crippen LogP contribution is 2.50. The third kappa shape index (κ3) is 2.96. The predicted octanol–water partition coefficient (Wildman–Crippen LogP) is 4.01. The molecule has 0 bridgehead atoms. The van der Waals surface area contributed by atoms with E-state index in [0.717, 1.165) is 12.0 Å². The first-order valence-corrected chi connectivity index (χ1v) is 8.42. The average Bonchev–Trinajstić information content (AvgIpc) is 3.25. The van der Waals surface area contributed by atoms with E-state index in [0.29, 0.717) is 27.8 Å². The summed E-state index contributed by atoms with van der Waals surface area (Å²) in [6.07, 6.45) is 0.746. The van der Waals surface area contributed by atoms with Crippen LogP contribution < -0.4 is 14.8 Å². The van der Waals surface area contributed by atoms with Gasteiger partial charge in [-0.05, 0) is 37.0 Å². The zero-order valence-corrected chi connectivity index (χ0v) is 14.3. The Morgan fingerprint density at radius 1 is 1.16 bits per heavy atom. The van der Waals surface area contributed by atoms with Gasteiger partial charge in [-0.15, -0.1) is 0 Å². The summed E-state index contributed by atoms with van der Waals surface area (Å²) in [7, 11) is 0. The normalized spacial score (nSPS) is 20.2. The van der Waals surface area contributed by atoms with Crippen molar-refractivity contribution in [1.29, 1.82) is 0 Å². The highest BCUT2D eigenvalue weighted by molar-refractivity contribution is 6.31. The molecule has 25 heavy (non-hydrogen) atoms. The third-order valence-corrected chi connectivity index (χ3v) is 4.93. The van der Waals surface area contributed by atoms with Crippen molar-refractivity contribution in [2.45, 2.75) is 19.3 Å². The molecule has 0 radical (unpaired) electrons. The van der Waals surface area contributed by atoms with Crippen molar-refractivity contribution in [1.82, 2.24) is 0 Å². The van der Waals surface area contributed by atoms with Crippen LogP contribution in [0.1, 0.15) is 35.2 Å². The van der Waals surface area contributed by atoms with Crippen LogP contribution in [0.3, 0.4) is 0 Å². The number of hydrogen-bond donors (Lipinski definition) is 1. The van der Waals surface area contributed by atoms with E-state index in [9.17, 15) is 9.59 Å². The molecule has 2 aromatic rings. The first-order valence-electron chi connectivity index (χ1n) is 8.04. The molecule has 1 aliphatic carbocycles. The van der Waals surface area contributed by atoms with E-state index in [1.807, 2.05) is 24.3 Å². The Morgan fingerprint density at radius 2 is 1.88 bits per heavy atom. The molecule has 0 saturated heterocycles. The minimum atomic E-state index is -0.148. The highest BCUT2D eigenvalue weighted by Gasteiger charge is 2.45. The Labute approximate surface area is 149 Å². The summed E-state index contributed by atoms with van der Waals surface area (Å²) in [4.78, 5) is 24.5. The Balaban J connectivity index is 1.54. The molecule has 1 N–H and O–H groups in total. The van der Waals surface area contributed by atoms with E-state index in [-0.39, 0.29) is 30.3 Å². The summed E-state index contributed by atoms with van der Waals surface area (Å²) in [6.45, 7) is 1.57. The fourth-order valence-electron chi connectivity index (χ4n) is 3.17. The maximum Gasteiger partial charge on any atom is 0.231 e. The number of benzene rings is 2. The van der Waals surface area contributed by atoms with Crippen molar-refractivity contribution < 1.29 is 19.1 Å². The number of carbonyl (C=O) groups excluding carboxylic acids is 2. The fourth-order valence-corrected chi connectivity index (χ4v) is 3.44. The van der Waals surface area contributed by atoms with E-state index in [4.69, 9.17) is 21.1 Å². The van der Waals surface area contributed by atoms with Crippen molar-refractivity contribution in [2.24, 2.45) is 5.92 Å². The minimum absolute atomic E-state index is 0.112. The first-order chi connectivity index (χ1) is 12.0. The Kier molecular flexibility index (Phi) is 3.88. The largest absolute Gasteiger partial charge is 0.454 e. The van der Waals surface area contributed by atoms with E-state index < -0.39 is 0 Å². The van der Waals surface area contributed by atoms with Crippen LogP contribution >= 0.6 is 11.6 Å². The van der Waals surface area contributed by atoms with Crippen LogP contribution in [0.5, 0.6) is 11.5 Å². The quantitative estimate of drug-likeness (QED) is 0.839. The van der Waals surface area contributed by atoms with Crippen molar-refractivity contribution in [3.63, 3.8) is 0 Å². The van der Waals surface area contributed by atoms with Crippen LogP contribution in [0.25, 0.3) is 0 Å². The van der Waals surface area contributed by atoms with Crippen molar-refractivity contribution in [3.05, 3.63) is 52.5 Å². The number of amides is 1. The van der Waals surface area contributed by atoms with Crippen LogP contribution in [0, 0.1) is 5.92 Å². The second-order valence-corrected chi connectivity index (χ2v) is 6.67. The van der Waals surface area contributed by atoms with Crippen LogP contribution in [-0.2, 0) is 4.79 Å². The van der Waals surface area contributed by atoms with Gasteiger partial charge < -0.3 is 14.8 Å². The number of fused-ring (bicyclic) bond motifs is 1. The average molecular weight is 358 g/mol. The number of ether oxygens (including phenoxy) is 2. The zero-order valence-electron chi connectivity index (χ0n) is 13.5. The summed E-state index contributed by atoms with van der Waals surface area (Å²) in [6, 6.07) is 10.8. The summed E-state index contributed by atoms with van der Waals surface area (Å²) >= 11 is 6.21. The van der Waals surface area contributed by atoms with Gasteiger partial charge >= 0.3 is 0 Å². The number of Topliss-reactive ketones (excluding diaryl/α,β-unsaturated/α-hetero) is 1. The molecule has 1 saturated carbocycles. The van der Waals surface area contributed by atoms with Gasteiger partial charge in [-0.3, -0.25) is 9.59 Å². The SMILES string of the molecule is CC(=O)c1cc2c(cc1NC(=O)[C@@H]1C[C@@H]1c1ccccc1Cl)OCO2.